The minimum Gasteiger partial charge on any atom is -0.324 e. The maximum absolute atomic E-state index is 6.28. The third-order valence-corrected chi connectivity index (χ3v) is 4.74. The normalized spacial score (nSPS) is 12.7. The van der Waals surface area contributed by atoms with Crippen LogP contribution in [0, 0.1) is 3.57 Å². The molecule has 96 valence electrons. The number of fused-ring (bicyclic) bond motifs is 1. The Kier molecular flexibility index (Phi) is 3.81. The predicted octanol–water partition coefficient (Wildman–Crippen LogP) is 4.14. The first-order chi connectivity index (χ1) is 9.22. The Morgan fingerprint density at radius 3 is 2.79 bits per heavy atom. The molecule has 0 amide bonds. The minimum absolute atomic E-state index is 0.00952. The van der Waals surface area contributed by atoms with Gasteiger partial charge in [0.25, 0.3) is 0 Å². The van der Waals surface area contributed by atoms with Crippen molar-refractivity contribution >= 4 is 44.1 Å². The highest BCUT2D eigenvalue weighted by molar-refractivity contribution is 14.1. The van der Waals surface area contributed by atoms with Gasteiger partial charge in [0.05, 0.1) is 15.2 Å². The summed E-state index contributed by atoms with van der Waals surface area (Å²) in [5.41, 5.74) is 8.52. The van der Waals surface area contributed by atoms with Crippen LogP contribution in [0.25, 0.3) is 10.2 Å². The molecule has 2 nitrogen and oxygen atoms in total. The van der Waals surface area contributed by atoms with Crippen LogP contribution in [0.3, 0.4) is 0 Å². The van der Waals surface area contributed by atoms with E-state index in [1.54, 1.807) is 11.3 Å². The molecule has 1 unspecified atom stereocenters. The Morgan fingerprint density at radius 1 is 1.16 bits per heavy atom. The number of hydrogen-bond acceptors (Lipinski definition) is 3. The number of hydrogen-bond donors (Lipinski definition) is 1. The number of thiazole rings is 1. The Morgan fingerprint density at radius 2 is 2.00 bits per heavy atom. The van der Waals surface area contributed by atoms with E-state index in [-0.39, 0.29) is 6.04 Å². The zero-order valence-corrected chi connectivity index (χ0v) is 13.2. The summed E-state index contributed by atoms with van der Waals surface area (Å²) in [6.45, 7) is 0. The molecule has 3 rings (SSSR count). The average molecular weight is 380 g/mol. The first kappa shape index (κ1) is 13.0. The van der Waals surface area contributed by atoms with Crippen LogP contribution >= 0.6 is 33.9 Å². The molecule has 0 bridgehead atoms. The highest BCUT2D eigenvalue weighted by atomic mass is 127. The number of para-hydroxylation sites is 1. The summed E-state index contributed by atoms with van der Waals surface area (Å²) < 4.78 is 2.45. The molecule has 1 heterocycles. The number of benzene rings is 2. The van der Waals surface area contributed by atoms with Crippen molar-refractivity contribution in [3.8, 4) is 0 Å². The second-order valence-electron chi connectivity index (χ2n) is 4.44. The Labute approximate surface area is 129 Å². The molecule has 0 spiro atoms. The fourth-order valence-electron chi connectivity index (χ4n) is 2.05. The molecule has 0 aliphatic rings. The van der Waals surface area contributed by atoms with Gasteiger partial charge in [-0.25, -0.2) is 4.98 Å². The number of rotatable bonds is 3. The number of nitrogens with two attached hydrogens (primary N) is 1. The van der Waals surface area contributed by atoms with Crippen LogP contribution in [0.1, 0.15) is 16.6 Å². The van der Waals surface area contributed by atoms with Crippen LogP contribution in [0.5, 0.6) is 0 Å². The molecule has 3 aromatic rings. The van der Waals surface area contributed by atoms with E-state index in [9.17, 15) is 0 Å². The first-order valence-corrected chi connectivity index (χ1v) is 7.97. The van der Waals surface area contributed by atoms with Crippen LogP contribution in [-0.4, -0.2) is 4.98 Å². The van der Waals surface area contributed by atoms with E-state index in [2.05, 4.69) is 57.9 Å². The van der Waals surface area contributed by atoms with Crippen molar-refractivity contribution in [2.45, 2.75) is 12.5 Å². The molecule has 0 saturated heterocycles. The van der Waals surface area contributed by atoms with Gasteiger partial charge in [-0.15, -0.1) is 11.3 Å². The molecule has 0 aliphatic heterocycles. The summed E-state index contributed by atoms with van der Waals surface area (Å²) in [4.78, 5) is 4.64. The van der Waals surface area contributed by atoms with E-state index in [1.165, 1.54) is 13.8 Å². The van der Waals surface area contributed by atoms with E-state index in [0.717, 1.165) is 16.9 Å². The maximum atomic E-state index is 6.28. The monoisotopic (exact) mass is 380 g/mol. The second kappa shape index (κ2) is 5.56. The molecular formula is C15H13IN2S. The van der Waals surface area contributed by atoms with Gasteiger partial charge in [0.15, 0.2) is 0 Å². The second-order valence-corrected chi connectivity index (χ2v) is 6.80. The van der Waals surface area contributed by atoms with Crippen LogP contribution in [0.15, 0.2) is 48.5 Å². The maximum Gasteiger partial charge on any atom is 0.0957 e. The van der Waals surface area contributed by atoms with E-state index in [4.69, 9.17) is 5.73 Å². The zero-order valence-electron chi connectivity index (χ0n) is 10.2. The van der Waals surface area contributed by atoms with Crippen molar-refractivity contribution in [3.05, 3.63) is 62.7 Å². The average Bonchev–Trinajstić information content (AvgIpc) is 2.80. The van der Waals surface area contributed by atoms with Gasteiger partial charge in [-0.1, -0.05) is 24.3 Å². The first-order valence-electron chi connectivity index (χ1n) is 6.08. The van der Waals surface area contributed by atoms with Gasteiger partial charge in [0.1, 0.15) is 0 Å². The lowest BCUT2D eigenvalue weighted by Gasteiger charge is -2.10. The Balaban J connectivity index is 1.84. The summed E-state index contributed by atoms with van der Waals surface area (Å²) in [5.74, 6) is 0. The molecule has 0 saturated carbocycles. The predicted molar refractivity (Wildman–Crippen MR) is 89.4 cm³/mol. The summed E-state index contributed by atoms with van der Waals surface area (Å²) in [7, 11) is 0. The van der Waals surface area contributed by atoms with Gasteiger partial charge < -0.3 is 5.73 Å². The van der Waals surface area contributed by atoms with Gasteiger partial charge in [0, 0.05) is 16.0 Å². The Bertz CT molecular complexity index is 675. The number of halogens is 1. The topological polar surface area (TPSA) is 38.9 Å². The standard InChI is InChI=1S/C15H13IN2S/c16-11-5-3-4-10(8-11)12(17)9-15-18-13-6-1-2-7-14(13)19-15/h1-8,12H,9,17H2. The lowest BCUT2D eigenvalue weighted by Crippen LogP contribution is -2.13. The molecule has 4 heteroatoms. The lowest BCUT2D eigenvalue weighted by atomic mass is 10.1. The quantitative estimate of drug-likeness (QED) is 0.694. The third kappa shape index (κ3) is 2.96. The van der Waals surface area contributed by atoms with Crippen molar-refractivity contribution in [1.82, 2.24) is 4.98 Å². The van der Waals surface area contributed by atoms with Gasteiger partial charge in [-0.2, -0.15) is 0 Å². The molecule has 2 N–H and O–H groups in total. The number of nitrogens with zero attached hydrogens (tertiary/aromatic N) is 1. The lowest BCUT2D eigenvalue weighted by molar-refractivity contribution is 0.718. The minimum atomic E-state index is 0.00952. The fourth-order valence-corrected chi connectivity index (χ4v) is 3.64. The summed E-state index contributed by atoms with van der Waals surface area (Å²) >= 11 is 4.04. The molecule has 19 heavy (non-hydrogen) atoms. The SMILES string of the molecule is NC(Cc1nc2ccccc2s1)c1cccc(I)c1. The molecule has 1 aromatic heterocycles. The van der Waals surface area contributed by atoms with E-state index in [1.807, 2.05) is 18.2 Å². The van der Waals surface area contributed by atoms with Crippen LogP contribution in [0.4, 0.5) is 0 Å². The fraction of sp³-hybridized carbons (Fsp3) is 0.133. The summed E-state index contributed by atoms with van der Waals surface area (Å²) in [6.07, 6.45) is 0.791. The van der Waals surface area contributed by atoms with Crippen molar-refractivity contribution in [3.63, 3.8) is 0 Å². The van der Waals surface area contributed by atoms with E-state index >= 15 is 0 Å². The molecule has 0 radical (unpaired) electrons. The molecule has 1 atom stereocenters. The highest BCUT2D eigenvalue weighted by Gasteiger charge is 2.11. The molecule has 0 fully saturated rings. The largest absolute Gasteiger partial charge is 0.324 e. The van der Waals surface area contributed by atoms with Crippen molar-refractivity contribution in [1.29, 1.82) is 0 Å². The van der Waals surface area contributed by atoms with Gasteiger partial charge in [0.2, 0.25) is 0 Å². The van der Waals surface area contributed by atoms with Crippen molar-refractivity contribution in [2.24, 2.45) is 5.73 Å². The summed E-state index contributed by atoms with van der Waals surface area (Å²) in [5, 5.41) is 1.10. The highest BCUT2D eigenvalue weighted by Crippen LogP contribution is 2.25. The van der Waals surface area contributed by atoms with E-state index in [0.29, 0.717) is 0 Å². The van der Waals surface area contributed by atoms with Gasteiger partial charge in [-0.3, -0.25) is 0 Å². The smallest absolute Gasteiger partial charge is 0.0957 e. The van der Waals surface area contributed by atoms with Crippen molar-refractivity contribution in [2.75, 3.05) is 0 Å². The molecular weight excluding hydrogens is 367 g/mol. The molecule has 0 aliphatic carbocycles. The zero-order chi connectivity index (χ0) is 13.2. The van der Waals surface area contributed by atoms with Crippen LogP contribution in [0.2, 0.25) is 0 Å². The Hall–Kier alpha value is -0.980. The van der Waals surface area contributed by atoms with E-state index < -0.39 is 0 Å². The molecule has 2 aromatic carbocycles. The van der Waals surface area contributed by atoms with Crippen molar-refractivity contribution < 1.29 is 0 Å². The number of aromatic nitrogens is 1. The van der Waals surface area contributed by atoms with Crippen LogP contribution in [-0.2, 0) is 6.42 Å². The van der Waals surface area contributed by atoms with Crippen LogP contribution < -0.4 is 5.73 Å². The summed E-state index contributed by atoms with van der Waals surface area (Å²) in [6, 6.07) is 16.6. The van der Waals surface area contributed by atoms with Gasteiger partial charge in [-0.05, 0) is 52.4 Å². The third-order valence-electron chi connectivity index (χ3n) is 3.01. The van der Waals surface area contributed by atoms with Gasteiger partial charge >= 0.3 is 0 Å².